The van der Waals surface area contributed by atoms with Gasteiger partial charge in [-0.15, -0.1) is 4.36 Å². The molecule has 150 valence electrons. The van der Waals surface area contributed by atoms with E-state index in [9.17, 15) is 9.00 Å². The number of nitrogens with one attached hydrogen (secondary N) is 1. The van der Waals surface area contributed by atoms with Gasteiger partial charge in [0.15, 0.2) is 14.9 Å². The van der Waals surface area contributed by atoms with E-state index in [1.54, 1.807) is 17.1 Å². The zero-order chi connectivity index (χ0) is 20.1. The third-order valence-electron chi connectivity index (χ3n) is 5.58. The smallest absolute Gasteiger partial charge is 0.334 e. The molecule has 8 nitrogen and oxygen atoms in total. The van der Waals surface area contributed by atoms with Crippen LogP contribution in [0.2, 0.25) is 0 Å². The van der Waals surface area contributed by atoms with E-state index in [2.05, 4.69) is 21.6 Å². The maximum absolute atomic E-state index is 12.8. The van der Waals surface area contributed by atoms with E-state index in [0.717, 1.165) is 60.3 Å². The van der Waals surface area contributed by atoms with Crippen LogP contribution in [0.1, 0.15) is 68.1 Å². The standard InChI is InChI=1S/C19H26N6O2S/c1-11(2)25-9-16(21-10-25)28(20,27)24-19(26)23-18-13-5-4-6-15(13)22-17-12(3)7-8-14(17)18/h9-12H,4-8H2,1-3H3,(H3,20,22,23,24,26,27)/t12?,28-/m1/s1. The molecule has 2 atom stereocenters. The highest BCUT2D eigenvalue weighted by atomic mass is 32.2. The third-order valence-corrected chi connectivity index (χ3v) is 6.82. The van der Waals surface area contributed by atoms with Crippen LogP contribution in [0.4, 0.5) is 10.5 Å². The van der Waals surface area contributed by atoms with Gasteiger partial charge in [0.2, 0.25) is 0 Å². The van der Waals surface area contributed by atoms with Crippen molar-refractivity contribution in [3.8, 4) is 0 Å². The fourth-order valence-electron chi connectivity index (χ4n) is 4.00. The Labute approximate surface area is 165 Å². The first kappa shape index (κ1) is 19.1. The molecule has 9 heteroatoms. The van der Waals surface area contributed by atoms with Crippen LogP contribution in [0.5, 0.6) is 0 Å². The molecule has 0 saturated carbocycles. The first-order chi connectivity index (χ1) is 13.3. The van der Waals surface area contributed by atoms with Crippen molar-refractivity contribution >= 4 is 21.6 Å². The second-order valence-corrected chi connectivity index (χ2v) is 9.65. The predicted molar refractivity (Wildman–Crippen MR) is 108 cm³/mol. The molecule has 0 bridgehead atoms. The molecule has 28 heavy (non-hydrogen) atoms. The first-order valence-electron chi connectivity index (χ1n) is 9.70. The molecule has 2 amide bonds. The molecule has 2 aliphatic rings. The second kappa shape index (κ2) is 6.97. The number of anilines is 1. The number of rotatable bonds is 3. The summed E-state index contributed by atoms with van der Waals surface area (Å²) < 4.78 is 18.4. The summed E-state index contributed by atoms with van der Waals surface area (Å²) in [7, 11) is -3.42. The molecule has 0 saturated heterocycles. The molecular formula is C19H26N6O2S. The second-order valence-electron chi connectivity index (χ2n) is 7.91. The van der Waals surface area contributed by atoms with E-state index < -0.39 is 15.9 Å². The van der Waals surface area contributed by atoms with Crippen molar-refractivity contribution in [3.63, 3.8) is 0 Å². The third kappa shape index (κ3) is 3.33. The predicted octanol–water partition coefficient (Wildman–Crippen LogP) is 3.33. The Morgan fingerprint density at radius 1 is 1.36 bits per heavy atom. The maximum Gasteiger partial charge on any atom is 0.354 e. The van der Waals surface area contributed by atoms with E-state index in [1.165, 1.54) is 0 Å². The molecule has 1 unspecified atom stereocenters. The fourth-order valence-corrected chi connectivity index (χ4v) is 4.86. The summed E-state index contributed by atoms with van der Waals surface area (Å²) in [5.74, 6) is 0.382. The van der Waals surface area contributed by atoms with Crippen molar-refractivity contribution in [2.24, 2.45) is 9.50 Å². The Balaban J connectivity index is 1.67. The minimum Gasteiger partial charge on any atom is -0.334 e. The number of nitrogens with zero attached hydrogens (tertiary/aromatic N) is 4. The number of amides is 2. The van der Waals surface area contributed by atoms with Gasteiger partial charge in [-0.1, -0.05) is 6.92 Å². The summed E-state index contributed by atoms with van der Waals surface area (Å²) in [6, 6.07) is -0.553. The van der Waals surface area contributed by atoms with Crippen molar-refractivity contribution in [1.29, 1.82) is 0 Å². The topological polar surface area (TPSA) is 115 Å². The van der Waals surface area contributed by atoms with Gasteiger partial charge in [0.05, 0.1) is 12.0 Å². The van der Waals surface area contributed by atoms with E-state index in [-0.39, 0.29) is 11.1 Å². The number of fused-ring (bicyclic) bond motifs is 2. The minimum atomic E-state index is -3.42. The highest BCUT2D eigenvalue weighted by molar-refractivity contribution is 7.91. The molecule has 4 rings (SSSR count). The number of hydrogen-bond donors (Lipinski definition) is 2. The lowest BCUT2D eigenvalue weighted by molar-refractivity contribution is 0.260. The van der Waals surface area contributed by atoms with Gasteiger partial charge in [-0.25, -0.2) is 19.1 Å². The largest absolute Gasteiger partial charge is 0.354 e. The van der Waals surface area contributed by atoms with Gasteiger partial charge < -0.3 is 9.88 Å². The van der Waals surface area contributed by atoms with Crippen LogP contribution in [0, 0.1) is 0 Å². The lowest BCUT2D eigenvalue weighted by atomic mass is 10.0. The molecule has 0 radical (unpaired) electrons. The van der Waals surface area contributed by atoms with Crippen molar-refractivity contribution in [1.82, 2.24) is 14.5 Å². The minimum absolute atomic E-state index is 0.107. The molecule has 0 aliphatic heterocycles. The van der Waals surface area contributed by atoms with Gasteiger partial charge in [-0.05, 0) is 63.0 Å². The number of aryl methyl sites for hydroxylation is 1. The lowest BCUT2D eigenvalue weighted by Crippen LogP contribution is -2.19. The molecule has 2 heterocycles. The van der Waals surface area contributed by atoms with Crippen LogP contribution in [0.15, 0.2) is 21.9 Å². The number of carbonyl (C=O) groups is 1. The lowest BCUT2D eigenvalue weighted by Gasteiger charge is -2.15. The molecular weight excluding hydrogens is 376 g/mol. The number of carbonyl (C=O) groups excluding carboxylic acids is 1. The SMILES string of the molecule is CC1CCc2c1nc1c(c2NC(=O)N=[S@@](N)(=O)c2cn(C(C)C)cn2)CCC1. The van der Waals surface area contributed by atoms with Gasteiger partial charge in [0.1, 0.15) is 0 Å². The Morgan fingerprint density at radius 3 is 2.86 bits per heavy atom. The van der Waals surface area contributed by atoms with E-state index >= 15 is 0 Å². The van der Waals surface area contributed by atoms with Crippen molar-refractivity contribution in [2.75, 3.05) is 5.32 Å². The van der Waals surface area contributed by atoms with Crippen LogP contribution in [-0.4, -0.2) is 24.8 Å². The molecule has 2 aromatic rings. The van der Waals surface area contributed by atoms with Crippen molar-refractivity contribution in [3.05, 3.63) is 35.0 Å². The summed E-state index contributed by atoms with van der Waals surface area (Å²) >= 11 is 0. The van der Waals surface area contributed by atoms with E-state index in [4.69, 9.17) is 10.1 Å². The van der Waals surface area contributed by atoms with E-state index in [1.807, 2.05) is 13.8 Å². The molecule has 0 fully saturated rings. The van der Waals surface area contributed by atoms with Crippen molar-refractivity contribution in [2.45, 2.75) is 69.9 Å². The van der Waals surface area contributed by atoms with Gasteiger partial charge in [-0.3, -0.25) is 4.98 Å². The number of nitrogens with two attached hydrogens (primary N) is 1. The van der Waals surface area contributed by atoms with Crippen molar-refractivity contribution < 1.29 is 9.00 Å². The zero-order valence-corrected chi connectivity index (χ0v) is 17.3. The van der Waals surface area contributed by atoms with Gasteiger partial charge in [0.25, 0.3) is 0 Å². The van der Waals surface area contributed by atoms with Crippen LogP contribution in [-0.2, 0) is 29.2 Å². The van der Waals surface area contributed by atoms with Gasteiger partial charge >= 0.3 is 6.03 Å². The van der Waals surface area contributed by atoms with Crippen LogP contribution < -0.4 is 10.5 Å². The Morgan fingerprint density at radius 2 is 2.14 bits per heavy atom. The average Bonchev–Trinajstić information content (AvgIpc) is 3.34. The molecule has 2 aliphatic carbocycles. The Bertz CT molecular complexity index is 1060. The van der Waals surface area contributed by atoms with Gasteiger partial charge in [0, 0.05) is 23.6 Å². The maximum atomic E-state index is 12.8. The quantitative estimate of drug-likeness (QED) is 0.819. The molecule has 0 aromatic carbocycles. The monoisotopic (exact) mass is 402 g/mol. The molecule has 3 N–H and O–H groups in total. The highest BCUT2D eigenvalue weighted by Crippen LogP contribution is 2.41. The zero-order valence-electron chi connectivity index (χ0n) is 16.4. The Hall–Kier alpha value is -2.26. The van der Waals surface area contributed by atoms with Crippen LogP contribution in [0.25, 0.3) is 0 Å². The molecule has 0 spiro atoms. The van der Waals surface area contributed by atoms with Crippen LogP contribution in [0.3, 0.4) is 0 Å². The van der Waals surface area contributed by atoms with Gasteiger partial charge in [-0.2, -0.15) is 0 Å². The molecule has 2 aromatic heterocycles. The summed E-state index contributed by atoms with van der Waals surface area (Å²) in [6.07, 6.45) is 7.86. The average molecular weight is 403 g/mol. The van der Waals surface area contributed by atoms with Crippen LogP contribution >= 0.6 is 0 Å². The summed E-state index contributed by atoms with van der Waals surface area (Å²) in [6.45, 7) is 6.10. The number of hydrogen-bond acceptors (Lipinski definition) is 4. The summed E-state index contributed by atoms with van der Waals surface area (Å²) in [5.41, 5.74) is 5.11. The van der Waals surface area contributed by atoms with E-state index in [0.29, 0.717) is 5.92 Å². The normalized spacial score (nSPS) is 20.0. The first-order valence-corrected chi connectivity index (χ1v) is 11.3. The summed E-state index contributed by atoms with van der Waals surface area (Å²) in [4.78, 5) is 21.6. The highest BCUT2D eigenvalue weighted by Gasteiger charge is 2.30. The summed E-state index contributed by atoms with van der Waals surface area (Å²) in [5, 5.41) is 8.85. The number of imidazole rings is 1. The number of pyridine rings is 1. The Kier molecular flexibility index (Phi) is 4.75. The number of aromatic nitrogens is 3. The number of urea groups is 1. The fraction of sp³-hybridized carbons (Fsp3) is 0.526.